The van der Waals surface area contributed by atoms with Gasteiger partial charge in [-0.2, -0.15) is 0 Å². The average molecular weight is 481 g/mol. The Morgan fingerprint density at radius 2 is 1.53 bits per heavy atom. The number of carbonyl (C=O) groups excluding carboxylic acids is 4. The fraction of sp³-hybridized carbons (Fsp3) is 0.400. The number of hydrogen-bond donors (Lipinski definition) is 8. The minimum atomic E-state index is -1.65. The average Bonchev–Trinajstić information content (AvgIpc) is 2.75. The lowest BCUT2D eigenvalue weighted by Gasteiger charge is -2.20. The molecule has 0 aliphatic heterocycles. The van der Waals surface area contributed by atoms with Crippen molar-refractivity contribution in [3.05, 3.63) is 29.8 Å². The van der Waals surface area contributed by atoms with Gasteiger partial charge in [-0.1, -0.05) is 12.1 Å². The Morgan fingerprint density at radius 1 is 0.912 bits per heavy atom. The van der Waals surface area contributed by atoms with Gasteiger partial charge in [-0.05, 0) is 30.5 Å². The van der Waals surface area contributed by atoms with Gasteiger partial charge < -0.3 is 42.7 Å². The van der Waals surface area contributed by atoms with E-state index < -0.39 is 66.7 Å². The number of nitrogens with two attached hydrogens (primary N) is 2. The van der Waals surface area contributed by atoms with Crippen LogP contribution in [-0.4, -0.2) is 75.6 Å². The van der Waals surface area contributed by atoms with Crippen LogP contribution in [0.5, 0.6) is 5.75 Å². The number of carbonyl (C=O) groups is 6. The summed E-state index contributed by atoms with van der Waals surface area (Å²) in [5.74, 6) is -6.41. The summed E-state index contributed by atoms with van der Waals surface area (Å²) in [4.78, 5) is 69.8. The van der Waals surface area contributed by atoms with E-state index in [1.807, 2.05) is 5.32 Å². The van der Waals surface area contributed by atoms with Crippen molar-refractivity contribution in [2.45, 2.75) is 43.8 Å². The number of benzene rings is 1. The Morgan fingerprint density at radius 3 is 2.06 bits per heavy atom. The van der Waals surface area contributed by atoms with Crippen molar-refractivity contribution < 1.29 is 44.1 Å². The van der Waals surface area contributed by atoms with E-state index >= 15 is 0 Å². The third-order valence-corrected chi connectivity index (χ3v) is 4.48. The molecule has 0 heterocycles. The SMILES string of the molecule is NC(=O)CCC(NC(=O)C(CC(=O)O)NC(=O)CNC(=O)C(N)Cc1ccc(O)cc1)C(=O)O. The highest BCUT2D eigenvalue weighted by Crippen LogP contribution is 2.10. The van der Waals surface area contributed by atoms with E-state index in [4.69, 9.17) is 21.7 Å². The number of carboxylic acids is 2. The molecule has 14 nitrogen and oxygen atoms in total. The van der Waals surface area contributed by atoms with E-state index in [-0.39, 0.29) is 25.0 Å². The van der Waals surface area contributed by atoms with Crippen LogP contribution < -0.4 is 27.4 Å². The molecule has 0 radical (unpaired) electrons. The lowest BCUT2D eigenvalue weighted by molar-refractivity contribution is -0.143. The highest BCUT2D eigenvalue weighted by molar-refractivity contribution is 5.94. The number of primary amides is 1. The van der Waals surface area contributed by atoms with Crippen molar-refractivity contribution in [1.82, 2.24) is 16.0 Å². The van der Waals surface area contributed by atoms with Gasteiger partial charge in [0.1, 0.15) is 17.8 Å². The molecule has 4 amide bonds. The normalized spacial score (nSPS) is 13.1. The molecule has 0 fully saturated rings. The molecule has 0 bridgehead atoms. The molecule has 186 valence electrons. The van der Waals surface area contributed by atoms with Crippen LogP contribution in [-0.2, 0) is 35.2 Å². The molecule has 0 aliphatic carbocycles. The van der Waals surface area contributed by atoms with Crippen LogP contribution in [0.2, 0.25) is 0 Å². The minimum Gasteiger partial charge on any atom is -0.508 e. The number of aliphatic carboxylic acids is 2. The van der Waals surface area contributed by atoms with Crippen molar-refractivity contribution in [2.24, 2.45) is 11.5 Å². The maximum atomic E-state index is 12.4. The predicted molar refractivity (Wildman–Crippen MR) is 115 cm³/mol. The van der Waals surface area contributed by atoms with Gasteiger partial charge in [-0.25, -0.2) is 4.79 Å². The topological polar surface area (TPSA) is 251 Å². The largest absolute Gasteiger partial charge is 0.508 e. The van der Waals surface area contributed by atoms with Gasteiger partial charge in [0.05, 0.1) is 19.0 Å². The van der Waals surface area contributed by atoms with E-state index in [0.717, 1.165) is 0 Å². The van der Waals surface area contributed by atoms with Crippen molar-refractivity contribution >= 4 is 35.6 Å². The number of rotatable bonds is 14. The van der Waals surface area contributed by atoms with Gasteiger partial charge in [0.2, 0.25) is 23.6 Å². The molecular weight excluding hydrogens is 454 g/mol. The fourth-order valence-corrected chi connectivity index (χ4v) is 2.72. The molecule has 0 saturated carbocycles. The Balaban J connectivity index is 2.66. The number of nitrogens with one attached hydrogen (secondary N) is 3. The highest BCUT2D eigenvalue weighted by atomic mass is 16.4. The first-order chi connectivity index (χ1) is 15.9. The number of carboxylic acid groups (broad SMARTS) is 2. The van der Waals surface area contributed by atoms with Gasteiger partial charge in [0, 0.05) is 6.42 Å². The van der Waals surface area contributed by atoms with Crippen LogP contribution in [0.4, 0.5) is 0 Å². The van der Waals surface area contributed by atoms with Crippen LogP contribution in [0.3, 0.4) is 0 Å². The second-order valence-electron chi connectivity index (χ2n) is 7.32. The first-order valence-corrected chi connectivity index (χ1v) is 10.0. The van der Waals surface area contributed by atoms with Crippen LogP contribution in [0.15, 0.2) is 24.3 Å². The fourth-order valence-electron chi connectivity index (χ4n) is 2.72. The molecule has 0 saturated heterocycles. The van der Waals surface area contributed by atoms with Gasteiger partial charge in [0.15, 0.2) is 0 Å². The summed E-state index contributed by atoms with van der Waals surface area (Å²) in [5.41, 5.74) is 11.4. The predicted octanol–water partition coefficient (Wildman–Crippen LogP) is -2.83. The van der Waals surface area contributed by atoms with Crippen LogP contribution >= 0.6 is 0 Å². The lowest BCUT2D eigenvalue weighted by Crippen LogP contribution is -2.54. The number of phenolic OH excluding ortho intramolecular Hbond substituents is 1. The molecule has 10 N–H and O–H groups in total. The molecule has 0 aliphatic rings. The molecule has 3 atom stereocenters. The molecule has 14 heteroatoms. The monoisotopic (exact) mass is 481 g/mol. The quantitative estimate of drug-likeness (QED) is 0.135. The van der Waals surface area contributed by atoms with Gasteiger partial charge >= 0.3 is 11.9 Å². The lowest BCUT2D eigenvalue weighted by atomic mass is 10.1. The minimum absolute atomic E-state index is 0.0425. The van der Waals surface area contributed by atoms with Crippen molar-refractivity contribution in [3.63, 3.8) is 0 Å². The van der Waals surface area contributed by atoms with Gasteiger partial charge in [0.25, 0.3) is 0 Å². The highest BCUT2D eigenvalue weighted by Gasteiger charge is 2.28. The second-order valence-corrected chi connectivity index (χ2v) is 7.32. The summed E-state index contributed by atoms with van der Waals surface area (Å²) < 4.78 is 0. The van der Waals surface area contributed by atoms with Crippen LogP contribution in [0.25, 0.3) is 0 Å². The summed E-state index contributed by atoms with van der Waals surface area (Å²) in [5, 5.41) is 33.8. The van der Waals surface area contributed by atoms with E-state index in [1.54, 1.807) is 12.1 Å². The first kappa shape index (κ1) is 27.8. The Hall–Kier alpha value is -4.20. The Bertz CT molecular complexity index is 920. The second kappa shape index (κ2) is 13.4. The summed E-state index contributed by atoms with van der Waals surface area (Å²) >= 11 is 0. The number of phenols is 1. The number of hydrogen-bond acceptors (Lipinski definition) is 8. The molecule has 1 rings (SSSR count). The maximum Gasteiger partial charge on any atom is 0.326 e. The van der Waals surface area contributed by atoms with E-state index in [2.05, 4.69) is 10.6 Å². The number of amides is 4. The maximum absolute atomic E-state index is 12.4. The Kier molecular flexibility index (Phi) is 10.9. The van der Waals surface area contributed by atoms with Crippen LogP contribution in [0, 0.1) is 0 Å². The third-order valence-electron chi connectivity index (χ3n) is 4.48. The van der Waals surface area contributed by atoms with E-state index in [0.29, 0.717) is 5.56 Å². The third kappa shape index (κ3) is 10.4. The van der Waals surface area contributed by atoms with E-state index in [1.165, 1.54) is 12.1 Å². The molecule has 1 aromatic rings. The zero-order chi connectivity index (χ0) is 25.8. The van der Waals surface area contributed by atoms with Gasteiger partial charge in [-0.3, -0.25) is 24.0 Å². The molecule has 0 spiro atoms. The Labute approximate surface area is 193 Å². The van der Waals surface area contributed by atoms with Crippen molar-refractivity contribution in [1.29, 1.82) is 0 Å². The number of aromatic hydroxyl groups is 1. The summed E-state index contributed by atoms with van der Waals surface area (Å²) in [6, 6.07) is 1.76. The molecule has 3 unspecified atom stereocenters. The van der Waals surface area contributed by atoms with E-state index in [9.17, 15) is 33.9 Å². The van der Waals surface area contributed by atoms with Crippen LogP contribution in [0.1, 0.15) is 24.8 Å². The van der Waals surface area contributed by atoms with Gasteiger partial charge in [-0.15, -0.1) is 0 Å². The summed E-state index contributed by atoms with van der Waals surface area (Å²) in [6.07, 6.45) is -1.43. The smallest absolute Gasteiger partial charge is 0.326 e. The molecule has 34 heavy (non-hydrogen) atoms. The van der Waals surface area contributed by atoms with Crippen molar-refractivity contribution in [3.8, 4) is 5.75 Å². The molecular formula is C20H27N5O9. The molecule has 0 aromatic heterocycles. The zero-order valence-corrected chi connectivity index (χ0v) is 18.0. The zero-order valence-electron chi connectivity index (χ0n) is 18.0. The van der Waals surface area contributed by atoms with Crippen molar-refractivity contribution in [2.75, 3.05) is 6.54 Å². The first-order valence-electron chi connectivity index (χ1n) is 10.0. The standard InChI is InChI=1S/C20H27N5O9/c21-12(7-10-1-3-11(26)4-2-10)18(31)23-9-16(28)24-14(8-17(29)30)19(32)25-13(20(33)34)5-6-15(22)27/h1-4,12-14,26H,5-9,21H2,(H2,22,27)(H,23,31)(H,24,28)(H,25,32)(H,29,30)(H,33,34). The summed E-state index contributed by atoms with van der Waals surface area (Å²) in [6.45, 7) is -0.629. The summed E-state index contributed by atoms with van der Waals surface area (Å²) in [7, 11) is 0. The molecule has 1 aromatic carbocycles.